The maximum absolute atomic E-state index is 4.63. The molecule has 1 nitrogen and oxygen atoms in total. The van der Waals surface area contributed by atoms with Gasteiger partial charge in [-0.1, -0.05) is 72.8 Å². The molecular formula is C18H19N. The first-order valence-electron chi connectivity index (χ1n) is 6.50. The Bertz CT molecular complexity index is 499. The molecule has 0 saturated carbocycles. The summed E-state index contributed by atoms with van der Waals surface area (Å²) in [5.41, 5.74) is 2.13. The summed E-state index contributed by atoms with van der Waals surface area (Å²) in [5, 5.41) is 0. The van der Waals surface area contributed by atoms with Crippen molar-refractivity contribution in [1.82, 2.24) is 0 Å². The van der Waals surface area contributed by atoms with Crippen LogP contribution in [0, 0.1) is 0 Å². The van der Waals surface area contributed by atoms with Crippen LogP contribution in [0.15, 0.2) is 71.7 Å². The molecule has 0 radical (unpaired) electrons. The van der Waals surface area contributed by atoms with Crippen LogP contribution in [0.1, 0.15) is 25.0 Å². The summed E-state index contributed by atoms with van der Waals surface area (Å²) in [6.07, 6.45) is 6.17. The van der Waals surface area contributed by atoms with Gasteiger partial charge in [-0.25, -0.2) is 0 Å². The second kappa shape index (κ2) is 6.14. The molecule has 0 N–H and O–H groups in total. The third-order valence-electron chi connectivity index (χ3n) is 2.83. The molecule has 0 amide bonds. The third kappa shape index (κ3) is 4.55. The van der Waals surface area contributed by atoms with Gasteiger partial charge in [0.1, 0.15) is 0 Å². The second-order valence-electron chi connectivity index (χ2n) is 5.07. The lowest BCUT2D eigenvalue weighted by Gasteiger charge is -2.14. The quantitative estimate of drug-likeness (QED) is 0.702. The van der Waals surface area contributed by atoms with Gasteiger partial charge in [-0.2, -0.15) is 0 Å². The molecule has 0 atom stereocenters. The van der Waals surface area contributed by atoms with E-state index in [1.165, 1.54) is 5.56 Å². The van der Waals surface area contributed by atoms with Crippen molar-refractivity contribution in [3.05, 3.63) is 77.9 Å². The van der Waals surface area contributed by atoms with Crippen LogP contribution in [0.4, 0.5) is 0 Å². The summed E-state index contributed by atoms with van der Waals surface area (Å²) in [5.74, 6) is 0. The first-order chi connectivity index (χ1) is 9.16. The highest BCUT2D eigenvalue weighted by Gasteiger charge is 2.09. The van der Waals surface area contributed by atoms with Crippen LogP contribution in [-0.4, -0.2) is 11.8 Å². The molecule has 96 valence electrons. The molecule has 0 aromatic heterocycles. The smallest absolute Gasteiger partial charge is 0.0735 e. The molecule has 0 saturated heterocycles. The fourth-order valence-corrected chi connectivity index (χ4v) is 1.69. The standard InChI is InChI=1S/C18H19N/c1-18(2,14-13-16-9-5-3-6-10-16)19-15-17-11-7-4-8-12-17/h3-15H,1-2H3/b14-13+,19-15?. The molecule has 0 spiro atoms. The monoisotopic (exact) mass is 249 g/mol. The highest BCUT2D eigenvalue weighted by molar-refractivity contribution is 5.80. The molecule has 0 heterocycles. The van der Waals surface area contributed by atoms with E-state index in [9.17, 15) is 0 Å². The summed E-state index contributed by atoms with van der Waals surface area (Å²) in [6, 6.07) is 20.5. The highest BCUT2D eigenvalue weighted by Crippen LogP contribution is 2.14. The van der Waals surface area contributed by atoms with Gasteiger partial charge in [0.2, 0.25) is 0 Å². The predicted octanol–water partition coefficient (Wildman–Crippen LogP) is 4.60. The van der Waals surface area contributed by atoms with E-state index in [1.807, 2.05) is 42.6 Å². The predicted molar refractivity (Wildman–Crippen MR) is 83.6 cm³/mol. The van der Waals surface area contributed by atoms with Crippen molar-refractivity contribution in [1.29, 1.82) is 0 Å². The topological polar surface area (TPSA) is 12.4 Å². The minimum Gasteiger partial charge on any atom is -0.282 e. The van der Waals surface area contributed by atoms with E-state index in [1.54, 1.807) is 0 Å². The molecule has 0 fully saturated rings. The molecule has 1 heteroatoms. The molecule has 0 bridgehead atoms. The van der Waals surface area contributed by atoms with Crippen LogP contribution in [0.25, 0.3) is 6.08 Å². The Hall–Kier alpha value is -2.15. The lowest BCUT2D eigenvalue weighted by Crippen LogP contribution is -2.12. The van der Waals surface area contributed by atoms with Crippen LogP contribution in [0.5, 0.6) is 0 Å². The summed E-state index contributed by atoms with van der Waals surface area (Å²) < 4.78 is 0. The summed E-state index contributed by atoms with van der Waals surface area (Å²) in [4.78, 5) is 4.63. The maximum atomic E-state index is 4.63. The van der Waals surface area contributed by atoms with Gasteiger partial charge in [0.15, 0.2) is 0 Å². The SMILES string of the molecule is CC(C)(/C=C/c1ccccc1)N=Cc1ccccc1. The molecule has 2 aromatic carbocycles. The number of benzene rings is 2. The third-order valence-corrected chi connectivity index (χ3v) is 2.83. The van der Waals surface area contributed by atoms with E-state index in [4.69, 9.17) is 0 Å². The Labute approximate surface area is 115 Å². The van der Waals surface area contributed by atoms with Crippen LogP contribution in [-0.2, 0) is 0 Å². The molecule has 19 heavy (non-hydrogen) atoms. The van der Waals surface area contributed by atoms with E-state index in [-0.39, 0.29) is 5.54 Å². The van der Waals surface area contributed by atoms with Crippen molar-refractivity contribution in [2.75, 3.05) is 0 Å². The zero-order valence-electron chi connectivity index (χ0n) is 11.5. The first-order valence-corrected chi connectivity index (χ1v) is 6.50. The number of rotatable bonds is 4. The zero-order valence-corrected chi connectivity index (χ0v) is 11.5. The fourth-order valence-electron chi connectivity index (χ4n) is 1.69. The normalized spacial score (nSPS) is 12.3. The van der Waals surface area contributed by atoms with E-state index in [0.29, 0.717) is 0 Å². The van der Waals surface area contributed by atoms with Gasteiger partial charge < -0.3 is 0 Å². The van der Waals surface area contributed by atoms with Gasteiger partial charge in [0, 0.05) is 6.21 Å². The van der Waals surface area contributed by atoms with Gasteiger partial charge >= 0.3 is 0 Å². The maximum Gasteiger partial charge on any atom is 0.0735 e. The molecule has 0 unspecified atom stereocenters. The van der Waals surface area contributed by atoms with Gasteiger partial charge in [-0.3, -0.25) is 4.99 Å². The lowest BCUT2D eigenvalue weighted by atomic mass is 10.0. The van der Waals surface area contributed by atoms with E-state index in [0.717, 1.165) is 5.56 Å². The van der Waals surface area contributed by atoms with E-state index >= 15 is 0 Å². The fraction of sp³-hybridized carbons (Fsp3) is 0.167. The number of hydrogen-bond acceptors (Lipinski definition) is 1. The second-order valence-corrected chi connectivity index (χ2v) is 5.07. The first kappa shape index (κ1) is 13.3. The Morgan fingerprint density at radius 1 is 0.789 bits per heavy atom. The average molecular weight is 249 g/mol. The average Bonchev–Trinajstić information content (AvgIpc) is 2.46. The van der Waals surface area contributed by atoms with Crippen molar-refractivity contribution in [2.45, 2.75) is 19.4 Å². The van der Waals surface area contributed by atoms with Crippen molar-refractivity contribution < 1.29 is 0 Å². The number of hydrogen-bond donors (Lipinski definition) is 0. The molecule has 0 aliphatic rings. The van der Waals surface area contributed by atoms with Gasteiger partial charge in [0.25, 0.3) is 0 Å². The Morgan fingerprint density at radius 3 is 1.89 bits per heavy atom. The van der Waals surface area contributed by atoms with Crippen molar-refractivity contribution in [2.24, 2.45) is 4.99 Å². The van der Waals surface area contributed by atoms with Gasteiger partial charge in [-0.15, -0.1) is 0 Å². The van der Waals surface area contributed by atoms with Crippen molar-refractivity contribution in [3.63, 3.8) is 0 Å². The lowest BCUT2D eigenvalue weighted by molar-refractivity contribution is 0.664. The minimum atomic E-state index is -0.203. The number of nitrogens with zero attached hydrogens (tertiary/aromatic N) is 1. The minimum absolute atomic E-state index is 0.203. The van der Waals surface area contributed by atoms with Gasteiger partial charge in [-0.05, 0) is 25.0 Å². The molecule has 0 aliphatic carbocycles. The van der Waals surface area contributed by atoms with Crippen LogP contribution < -0.4 is 0 Å². The van der Waals surface area contributed by atoms with Crippen LogP contribution in [0.2, 0.25) is 0 Å². The molecule has 2 aromatic rings. The Morgan fingerprint density at radius 2 is 1.32 bits per heavy atom. The van der Waals surface area contributed by atoms with Crippen molar-refractivity contribution in [3.8, 4) is 0 Å². The summed E-state index contributed by atoms with van der Waals surface area (Å²) in [6.45, 7) is 4.21. The zero-order chi connectivity index (χ0) is 13.6. The van der Waals surface area contributed by atoms with Crippen LogP contribution >= 0.6 is 0 Å². The summed E-state index contributed by atoms with van der Waals surface area (Å²) in [7, 11) is 0. The van der Waals surface area contributed by atoms with Crippen LogP contribution in [0.3, 0.4) is 0 Å². The Kier molecular flexibility index (Phi) is 4.30. The number of aliphatic imine (C=N–C) groups is 1. The van der Waals surface area contributed by atoms with E-state index < -0.39 is 0 Å². The summed E-state index contributed by atoms with van der Waals surface area (Å²) >= 11 is 0. The van der Waals surface area contributed by atoms with E-state index in [2.05, 4.69) is 55.3 Å². The molecule has 2 rings (SSSR count). The largest absolute Gasteiger partial charge is 0.282 e. The van der Waals surface area contributed by atoms with Crippen molar-refractivity contribution >= 4 is 12.3 Å². The Balaban J connectivity index is 2.06. The molecular weight excluding hydrogens is 230 g/mol. The van der Waals surface area contributed by atoms with Gasteiger partial charge in [0.05, 0.1) is 5.54 Å². The highest BCUT2D eigenvalue weighted by atomic mass is 14.8. The molecule has 0 aliphatic heterocycles.